The van der Waals surface area contributed by atoms with Crippen molar-refractivity contribution >= 4 is 45.8 Å². The minimum Gasteiger partial charge on any atom is -0.0984 e. The van der Waals surface area contributed by atoms with Gasteiger partial charge in [-0.25, -0.2) is 0 Å². The van der Waals surface area contributed by atoms with Gasteiger partial charge in [-0.1, -0.05) is 180 Å². The van der Waals surface area contributed by atoms with Gasteiger partial charge in [0.2, 0.25) is 0 Å². The molecule has 0 N–H and O–H groups in total. The molecule has 7 aromatic carbocycles. The molecule has 0 aromatic heterocycles. The van der Waals surface area contributed by atoms with E-state index in [1.54, 1.807) is 0 Å². The van der Waals surface area contributed by atoms with Gasteiger partial charge in [0.1, 0.15) is 0 Å². The normalized spacial score (nSPS) is 12.8. The lowest BCUT2D eigenvalue weighted by Crippen LogP contribution is -2.16. The molecule has 0 aliphatic heterocycles. The maximum absolute atomic E-state index is 4.32. The standard InChI is InChI=1S/C49H38/c1-7-35-36(8-2)47-42-29-28-31-18-14-15-21-39(31)48(42)49(5,6)44(47)30-43(35)32-24-26-34(27-25-32)46-38(10-4)37(9-3)45(33-19-12-11-13-20-33)40-22-16-17-23-41(40)46/h7-30H,1-4H2,5-6H3. The van der Waals surface area contributed by atoms with Crippen LogP contribution in [0.1, 0.15) is 47.2 Å². The van der Waals surface area contributed by atoms with Crippen molar-refractivity contribution in [2.24, 2.45) is 0 Å². The first-order valence-corrected chi connectivity index (χ1v) is 16.9. The highest BCUT2D eigenvalue weighted by atomic mass is 14.4. The summed E-state index contributed by atoms with van der Waals surface area (Å²) in [4.78, 5) is 0. The van der Waals surface area contributed by atoms with E-state index in [1.807, 2.05) is 24.3 Å². The molecule has 0 saturated carbocycles. The fourth-order valence-corrected chi connectivity index (χ4v) is 8.41. The van der Waals surface area contributed by atoms with E-state index in [0.717, 1.165) is 33.4 Å². The van der Waals surface area contributed by atoms with E-state index in [2.05, 4.69) is 161 Å². The fourth-order valence-electron chi connectivity index (χ4n) is 8.41. The van der Waals surface area contributed by atoms with E-state index in [-0.39, 0.29) is 5.41 Å². The first-order chi connectivity index (χ1) is 23.9. The highest BCUT2D eigenvalue weighted by molar-refractivity contribution is 6.12. The molecule has 0 amide bonds. The third-order valence-corrected chi connectivity index (χ3v) is 10.6. The molecular formula is C49H38. The second-order valence-electron chi connectivity index (χ2n) is 13.4. The third kappa shape index (κ3) is 4.45. The van der Waals surface area contributed by atoms with Crippen molar-refractivity contribution in [3.63, 3.8) is 0 Å². The van der Waals surface area contributed by atoms with Gasteiger partial charge in [0.05, 0.1) is 0 Å². The fraction of sp³-hybridized carbons (Fsp3) is 0.0612. The van der Waals surface area contributed by atoms with Gasteiger partial charge in [0, 0.05) is 5.41 Å². The number of rotatable bonds is 7. The van der Waals surface area contributed by atoms with E-state index in [0.29, 0.717) is 0 Å². The molecule has 1 aliphatic rings. The lowest BCUT2D eigenvalue weighted by molar-refractivity contribution is 0.666. The average molecular weight is 627 g/mol. The molecule has 49 heavy (non-hydrogen) atoms. The van der Waals surface area contributed by atoms with Crippen LogP contribution in [0.4, 0.5) is 0 Å². The summed E-state index contributed by atoms with van der Waals surface area (Å²) in [6.07, 6.45) is 7.97. The summed E-state index contributed by atoms with van der Waals surface area (Å²) in [7, 11) is 0. The molecule has 0 radical (unpaired) electrons. The van der Waals surface area contributed by atoms with Crippen molar-refractivity contribution in [1.29, 1.82) is 0 Å². The van der Waals surface area contributed by atoms with Crippen LogP contribution < -0.4 is 0 Å². The number of benzene rings is 7. The highest BCUT2D eigenvalue weighted by Crippen LogP contribution is 2.55. The molecule has 0 heteroatoms. The minimum absolute atomic E-state index is 0.183. The van der Waals surface area contributed by atoms with Crippen LogP contribution in [0.25, 0.3) is 90.4 Å². The van der Waals surface area contributed by atoms with E-state index in [4.69, 9.17) is 0 Å². The van der Waals surface area contributed by atoms with Crippen LogP contribution in [-0.2, 0) is 5.41 Å². The first-order valence-electron chi connectivity index (χ1n) is 16.9. The van der Waals surface area contributed by atoms with Gasteiger partial charge in [-0.2, -0.15) is 0 Å². The summed E-state index contributed by atoms with van der Waals surface area (Å²) in [6.45, 7) is 21.9. The van der Waals surface area contributed by atoms with Crippen molar-refractivity contribution < 1.29 is 0 Å². The molecule has 0 nitrogen and oxygen atoms in total. The largest absolute Gasteiger partial charge is 0.0984 e. The second-order valence-corrected chi connectivity index (χ2v) is 13.4. The summed E-state index contributed by atoms with van der Waals surface area (Å²) in [5, 5.41) is 4.97. The predicted octanol–water partition coefficient (Wildman–Crippen LogP) is 13.9. The summed E-state index contributed by atoms with van der Waals surface area (Å²) < 4.78 is 0. The Morgan fingerprint density at radius 3 is 1.51 bits per heavy atom. The van der Waals surface area contributed by atoms with E-state index < -0.39 is 0 Å². The van der Waals surface area contributed by atoms with Gasteiger partial charge in [-0.15, -0.1) is 0 Å². The van der Waals surface area contributed by atoms with Crippen molar-refractivity contribution in [2.45, 2.75) is 19.3 Å². The predicted molar refractivity (Wildman–Crippen MR) is 216 cm³/mol. The molecule has 0 unspecified atom stereocenters. The molecule has 7 aromatic rings. The van der Waals surface area contributed by atoms with Crippen LogP contribution in [0, 0.1) is 0 Å². The van der Waals surface area contributed by atoms with Gasteiger partial charge in [0.15, 0.2) is 0 Å². The minimum atomic E-state index is -0.183. The molecule has 0 saturated heterocycles. The molecular weight excluding hydrogens is 589 g/mol. The zero-order valence-corrected chi connectivity index (χ0v) is 28.2. The lowest BCUT2D eigenvalue weighted by atomic mass is 9.78. The zero-order chi connectivity index (χ0) is 33.9. The molecule has 0 heterocycles. The van der Waals surface area contributed by atoms with Crippen molar-refractivity contribution in [2.75, 3.05) is 0 Å². The molecule has 8 rings (SSSR count). The van der Waals surface area contributed by atoms with Crippen LogP contribution in [0.2, 0.25) is 0 Å². The number of fused-ring (bicyclic) bond motifs is 6. The lowest BCUT2D eigenvalue weighted by Gasteiger charge is -2.25. The Morgan fingerprint density at radius 1 is 0.429 bits per heavy atom. The number of hydrogen-bond donors (Lipinski definition) is 0. The zero-order valence-electron chi connectivity index (χ0n) is 28.2. The highest BCUT2D eigenvalue weighted by Gasteiger charge is 2.39. The maximum Gasteiger partial charge on any atom is 0.0165 e. The van der Waals surface area contributed by atoms with Gasteiger partial charge in [-0.05, 0) is 105 Å². The third-order valence-electron chi connectivity index (χ3n) is 10.6. The van der Waals surface area contributed by atoms with Crippen LogP contribution in [0.5, 0.6) is 0 Å². The van der Waals surface area contributed by atoms with Gasteiger partial charge >= 0.3 is 0 Å². The van der Waals surface area contributed by atoms with Crippen LogP contribution in [-0.4, -0.2) is 0 Å². The molecule has 234 valence electrons. The van der Waals surface area contributed by atoms with Crippen LogP contribution in [0.3, 0.4) is 0 Å². The van der Waals surface area contributed by atoms with Crippen LogP contribution >= 0.6 is 0 Å². The van der Waals surface area contributed by atoms with Crippen LogP contribution in [0.15, 0.2) is 148 Å². The Bertz CT molecular complexity index is 2500. The molecule has 0 bridgehead atoms. The summed E-state index contributed by atoms with van der Waals surface area (Å²) >= 11 is 0. The average Bonchev–Trinajstić information content (AvgIpc) is 3.39. The van der Waals surface area contributed by atoms with Crippen molar-refractivity contribution in [3.05, 3.63) is 181 Å². The summed E-state index contributed by atoms with van der Waals surface area (Å²) in [5.41, 5.74) is 16.5. The first kappa shape index (κ1) is 30.4. The number of hydrogen-bond acceptors (Lipinski definition) is 0. The van der Waals surface area contributed by atoms with Crippen molar-refractivity contribution in [1.82, 2.24) is 0 Å². The van der Waals surface area contributed by atoms with Crippen molar-refractivity contribution in [3.8, 4) is 44.5 Å². The van der Waals surface area contributed by atoms with E-state index in [1.165, 1.54) is 66.1 Å². The Morgan fingerprint density at radius 2 is 0.918 bits per heavy atom. The molecule has 0 fully saturated rings. The van der Waals surface area contributed by atoms with E-state index >= 15 is 0 Å². The Hall–Kier alpha value is -5.98. The summed E-state index contributed by atoms with van der Waals surface area (Å²) in [6, 6.07) is 43.9. The Kier molecular flexibility index (Phi) is 7.20. The van der Waals surface area contributed by atoms with Gasteiger partial charge in [-0.3, -0.25) is 0 Å². The second kappa shape index (κ2) is 11.6. The molecule has 0 atom stereocenters. The smallest absolute Gasteiger partial charge is 0.0165 e. The van der Waals surface area contributed by atoms with Gasteiger partial charge < -0.3 is 0 Å². The van der Waals surface area contributed by atoms with E-state index in [9.17, 15) is 0 Å². The molecule has 0 spiro atoms. The van der Waals surface area contributed by atoms with Gasteiger partial charge in [0.25, 0.3) is 0 Å². The maximum atomic E-state index is 4.32. The SMILES string of the molecule is C=Cc1c(-c2ccc(-c3c(C=C)c(C=C)c(-c4ccccc4)c4ccccc34)cc2)cc2c(c1C=C)-c1ccc3ccccc3c1C2(C)C. The quantitative estimate of drug-likeness (QED) is 0.165. The summed E-state index contributed by atoms with van der Waals surface area (Å²) in [5.74, 6) is 0. The molecule has 1 aliphatic carbocycles. The topological polar surface area (TPSA) is 0 Å². The Balaban J connectivity index is 1.33. The Labute approximate surface area is 289 Å². The monoisotopic (exact) mass is 626 g/mol.